The maximum atomic E-state index is 12.3. The predicted molar refractivity (Wildman–Crippen MR) is 89.1 cm³/mol. The molecule has 1 heterocycles. The molecule has 1 aliphatic heterocycles. The summed E-state index contributed by atoms with van der Waals surface area (Å²) in [5.41, 5.74) is 5.57. The van der Waals surface area contributed by atoms with Crippen molar-refractivity contribution in [3.05, 3.63) is 27.7 Å². The summed E-state index contributed by atoms with van der Waals surface area (Å²) >= 11 is 12.1. The van der Waals surface area contributed by atoms with E-state index in [1.807, 2.05) is 4.90 Å². The van der Waals surface area contributed by atoms with Gasteiger partial charge in [0.25, 0.3) is 5.91 Å². The lowest BCUT2D eigenvalue weighted by Gasteiger charge is -2.31. The maximum absolute atomic E-state index is 12.3. The number of primary amides is 1. The molecule has 3 N–H and O–H groups in total. The number of halogens is 2. The summed E-state index contributed by atoms with van der Waals surface area (Å²) < 4.78 is 5.07. The minimum absolute atomic E-state index is 0.0475. The number of nitrogens with zero attached hydrogens (tertiary/aromatic N) is 1. The second-order valence-electron chi connectivity index (χ2n) is 5.46. The highest BCUT2D eigenvalue weighted by Crippen LogP contribution is 2.33. The van der Waals surface area contributed by atoms with Crippen molar-refractivity contribution in [2.45, 2.75) is 18.9 Å². The van der Waals surface area contributed by atoms with Crippen molar-refractivity contribution >= 4 is 35.0 Å². The van der Waals surface area contributed by atoms with Gasteiger partial charge >= 0.3 is 0 Å². The van der Waals surface area contributed by atoms with Crippen LogP contribution in [0.3, 0.4) is 0 Å². The summed E-state index contributed by atoms with van der Waals surface area (Å²) in [5.74, 6) is -0.218. The third-order valence-corrected chi connectivity index (χ3v) is 4.33. The average molecular weight is 360 g/mol. The highest BCUT2D eigenvalue weighted by Gasteiger charge is 2.22. The number of ether oxygens (including phenoxy) is 1. The minimum atomic E-state index is -0.338. The number of hydrogen-bond acceptors (Lipinski definition) is 4. The van der Waals surface area contributed by atoms with Crippen molar-refractivity contribution in [2.75, 3.05) is 26.7 Å². The maximum Gasteiger partial charge on any atom is 0.251 e. The minimum Gasteiger partial charge on any atom is -0.494 e. The Morgan fingerprint density at radius 1 is 1.30 bits per heavy atom. The fourth-order valence-corrected chi connectivity index (χ4v) is 3.25. The molecule has 1 aromatic carbocycles. The molecule has 0 spiro atoms. The van der Waals surface area contributed by atoms with E-state index in [9.17, 15) is 9.59 Å². The van der Waals surface area contributed by atoms with E-state index < -0.39 is 0 Å². The number of amides is 2. The van der Waals surface area contributed by atoms with Crippen LogP contribution in [0.15, 0.2) is 12.1 Å². The molecule has 2 amide bonds. The SMILES string of the molecule is COc1c(Cl)cc(C(=O)NC2CCN(CC(N)=O)CC2)cc1Cl. The second kappa shape index (κ2) is 7.86. The van der Waals surface area contributed by atoms with Gasteiger partial charge in [0.2, 0.25) is 5.91 Å². The Balaban J connectivity index is 1.94. The van der Waals surface area contributed by atoms with Crippen LogP contribution in [-0.2, 0) is 4.79 Å². The number of carbonyl (C=O) groups excluding carboxylic acids is 2. The molecule has 0 bridgehead atoms. The van der Waals surface area contributed by atoms with Crippen molar-refractivity contribution in [1.82, 2.24) is 10.2 Å². The summed E-state index contributed by atoms with van der Waals surface area (Å²) in [4.78, 5) is 25.2. The summed E-state index contributed by atoms with van der Waals surface area (Å²) in [6.45, 7) is 1.69. The van der Waals surface area contributed by atoms with Gasteiger partial charge in [0.15, 0.2) is 5.75 Å². The molecule has 0 unspecified atom stereocenters. The fraction of sp³-hybridized carbons (Fsp3) is 0.467. The van der Waals surface area contributed by atoms with Crippen LogP contribution in [0.25, 0.3) is 0 Å². The smallest absolute Gasteiger partial charge is 0.251 e. The Hall–Kier alpha value is -1.50. The highest BCUT2D eigenvalue weighted by molar-refractivity contribution is 6.37. The standard InChI is InChI=1S/C15H19Cl2N3O3/c1-23-14-11(16)6-9(7-12(14)17)15(22)19-10-2-4-20(5-3-10)8-13(18)21/h6-7,10H,2-5,8H2,1H3,(H2,18,21)(H,19,22). The third-order valence-electron chi connectivity index (χ3n) is 3.77. The molecule has 1 aromatic rings. The monoisotopic (exact) mass is 359 g/mol. The van der Waals surface area contributed by atoms with Gasteiger partial charge in [-0.05, 0) is 25.0 Å². The Kier molecular flexibility index (Phi) is 6.10. The number of hydrogen-bond donors (Lipinski definition) is 2. The van der Waals surface area contributed by atoms with Crippen LogP contribution in [0.1, 0.15) is 23.2 Å². The number of rotatable bonds is 5. The Bertz CT molecular complexity index is 579. The zero-order chi connectivity index (χ0) is 17.0. The van der Waals surface area contributed by atoms with Crippen molar-refractivity contribution < 1.29 is 14.3 Å². The molecule has 8 heteroatoms. The van der Waals surface area contributed by atoms with Gasteiger partial charge in [-0.25, -0.2) is 0 Å². The Morgan fingerprint density at radius 3 is 2.35 bits per heavy atom. The zero-order valence-electron chi connectivity index (χ0n) is 12.8. The third kappa shape index (κ3) is 4.73. The predicted octanol–water partition coefficient (Wildman–Crippen LogP) is 1.68. The van der Waals surface area contributed by atoms with Crippen LogP contribution in [0, 0.1) is 0 Å². The molecule has 0 radical (unpaired) electrons. The van der Waals surface area contributed by atoms with E-state index in [1.54, 1.807) is 0 Å². The van der Waals surface area contributed by atoms with Gasteiger partial charge in [-0.3, -0.25) is 14.5 Å². The quantitative estimate of drug-likeness (QED) is 0.837. The van der Waals surface area contributed by atoms with Crippen molar-refractivity contribution in [1.29, 1.82) is 0 Å². The molecular formula is C15H19Cl2N3O3. The molecule has 0 saturated carbocycles. The first-order chi connectivity index (χ1) is 10.9. The average Bonchev–Trinajstić information content (AvgIpc) is 2.48. The number of methoxy groups -OCH3 is 1. The largest absolute Gasteiger partial charge is 0.494 e. The van der Waals surface area contributed by atoms with Crippen LogP contribution in [-0.4, -0.2) is 49.5 Å². The van der Waals surface area contributed by atoms with Crippen LogP contribution in [0.2, 0.25) is 10.0 Å². The lowest BCUT2D eigenvalue weighted by Crippen LogP contribution is -2.46. The van der Waals surface area contributed by atoms with Crippen molar-refractivity contribution in [3.63, 3.8) is 0 Å². The Morgan fingerprint density at radius 2 is 1.87 bits per heavy atom. The van der Waals surface area contributed by atoms with E-state index >= 15 is 0 Å². The van der Waals surface area contributed by atoms with Crippen molar-refractivity contribution in [3.8, 4) is 5.75 Å². The first-order valence-electron chi connectivity index (χ1n) is 7.25. The van der Waals surface area contributed by atoms with Gasteiger partial charge in [0, 0.05) is 24.7 Å². The van der Waals surface area contributed by atoms with Gasteiger partial charge in [-0.1, -0.05) is 23.2 Å². The number of carbonyl (C=O) groups is 2. The Labute approximate surface area is 144 Å². The topological polar surface area (TPSA) is 84.7 Å². The van der Waals surface area contributed by atoms with Crippen LogP contribution in [0.5, 0.6) is 5.75 Å². The highest BCUT2D eigenvalue weighted by atomic mass is 35.5. The molecule has 6 nitrogen and oxygen atoms in total. The number of likely N-dealkylation sites (tertiary alicyclic amines) is 1. The molecule has 0 atom stereocenters. The van der Waals surface area contributed by atoms with E-state index in [1.165, 1.54) is 19.2 Å². The molecule has 1 aliphatic rings. The number of piperidine rings is 1. The number of benzene rings is 1. The molecule has 126 valence electrons. The first kappa shape index (κ1) is 17.8. The molecule has 0 aliphatic carbocycles. The number of nitrogens with two attached hydrogens (primary N) is 1. The fourth-order valence-electron chi connectivity index (χ4n) is 2.61. The van der Waals surface area contributed by atoms with Crippen LogP contribution >= 0.6 is 23.2 Å². The normalized spacial score (nSPS) is 16.1. The van der Waals surface area contributed by atoms with Crippen LogP contribution < -0.4 is 15.8 Å². The zero-order valence-corrected chi connectivity index (χ0v) is 14.3. The van der Waals surface area contributed by atoms with Gasteiger partial charge in [0.1, 0.15) is 0 Å². The van der Waals surface area contributed by atoms with E-state index in [2.05, 4.69) is 5.32 Å². The van der Waals surface area contributed by atoms with Gasteiger partial charge < -0.3 is 15.8 Å². The molecular weight excluding hydrogens is 341 g/mol. The molecule has 2 rings (SSSR count). The van der Waals surface area contributed by atoms with Crippen LogP contribution in [0.4, 0.5) is 0 Å². The molecule has 1 saturated heterocycles. The lowest BCUT2D eigenvalue weighted by atomic mass is 10.0. The first-order valence-corrected chi connectivity index (χ1v) is 8.01. The van der Waals surface area contributed by atoms with E-state index in [4.69, 9.17) is 33.7 Å². The summed E-state index contributed by atoms with van der Waals surface area (Å²) in [6, 6.07) is 3.11. The lowest BCUT2D eigenvalue weighted by molar-refractivity contribution is -0.119. The molecule has 1 fully saturated rings. The molecule has 0 aromatic heterocycles. The van der Waals surface area contributed by atoms with Crippen molar-refractivity contribution in [2.24, 2.45) is 5.73 Å². The van der Waals surface area contributed by atoms with Gasteiger partial charge in [0.05, 0.1) is 23.7 Å². The van der Waals surface area contributed by atoms with E-state index in [0.717, 1.165) is 25.9 Å². The van der Waals surface area contributed by atoms with Gasteiger partial charge in [-0.15, -0.1) is 0 Å². The van der Waals surface area contributed by atoms with E-state index in [0.29, 0.717) is 21.4 Å². The second-order valence-corrected chi connectivity index (χ2v) is 6.28. The van der Waals surface area contributed by atoms with E-state index in [-0.39, 0.29) is 24.4 Å². The number of nitrogens with one attached hydrogen (secondary N) is 1. The van der Waals surface area contributed by atoms with Gasteiger partial charge in [-0.2, -0.15) is 0 Å². The summed E-state index contributed by atoms with van der Waals surface area (Å²) in [6.07, 6.45) is 1.52. The summed E-state index contributed by atoms with van der Waals surface area (Å²) in [7, 11) is 1.46. The summed E-state index contributed by atoms with van der Waals surface area (Å²) in [5, 5.41) is 3.55. The molecule has 23 heavy (non-hydrogen) atoms.